The van der Waals surface area contributed by atoms with Crippen LogP contribution in [0.5, 0.6) is 0 Å². The van der Waals surface area contributed by atoms with Crippen LogP contribution >= 0.6 is 0 Å². The Morgan fingerprint density at radius 2 is 1.92 bits per heavy atom. The molecule has 1 rings (SSSR count). The molecule has 2 nitrogen and oxygen atoms in total. The molecule has 0 aromatic rings. The highest BCUT2D eigenvalue weighted by molar-refractivity contribution is 5.03. The van der Waals surface area contributed by atoms with Gasteiger partial charge in [-0.2, -0.15) is 5.26 Å². The van der Waals surface area contributed by atoms with Crippen LogP contribution in [0.15, 0.2) is 0 Å². The molecule has 2 atom stereocenters. The van der Waals surface area contributed by atoms with Crippen molar-refractivity contribution in [3.05, 3.63) is 0 Å². The fourth-order valence-corrected chi connectivity index (χ4v) is 2.52. The van der Waals surface area contributed by atoms with E-state index >= 15 is 0 Å². The van der Waals surface area contributed by atoms with Gasteiger partial charge in [0.1, 0.15) is 0 Å². The van der Waals surface area contributed by atoms with E-state index in [-0.39, 0.29) is 16.9 Å². The minimum Gasteiger partial charge on any atom is -0.393 e. The zero-order chi connectivity index (χ0) is 9.41. The number of aliphatic hydroxyl groups excluding tert-OH is 1. The summed E-state index contributed by atoms with van der Waals surface area (Å²) >= 11 is 0. The molecular formula is C10H17NO. The molecule has 0 aliphatic heterocycles. The van der Waals surface area contributed by atoms with Crippen molar-refractivity contribution in [2.45, 2.75) is 46.1 Å². The first-order valence-electron chi connectivity index (χ1n) is 4.46. The monoisotopic (exact) mass is 167 g/mol. The number of aliphatic hydroxyl groups is 1. The zero-order valence-corrected chi connectivity index (χ0v) is 8.09. The Bertz CT molecular complexity index is 216. The van der Waals surface area contributed by atoms with Crippen LogP contribution in [-0.4, -0.2) is 11.2 Å². The Hall–Kier alpha value is -0.550. The first-order valence-corrected chi connectivity index (χ1v) is 4.46. The van der Waals surface area contributed by atoms with Gasteiger partial charge in [-0.05, 0) is 31.6 Å². The smallest absolute Gasteiger partial charge is 0.0688 e. The maximum Gasteiger partial charge on any atom is 0.0688 e. The second kappa shape index (κ2) is 2.74. The van der Waals surface area contributed by atoms with Crippen molar-refractivity contribution in [1.29, 1.82) is 5.26 Å². The van der Waals surface area contributed by atoms with E-state index in [1.54, 1.807) is 0 Å². The molecule has 1 aliphatic rings. The van der Waals surface area contributed by atoms with Crippen LogP contribution in [0.4, 0.5) is 0 Å². The third-order valence-electron chi connectivity index (χ3n) is 2.61. The van der Waals surface area contributed by atoms with Crippen molar-refractivity contribution in [3.8, 4) is 6.07 Å². The number of nitriles is 1. The summed E-state index contributed by atoms with van der Waals surface area (Å²) in [7, 11) is 0. The summed E-state index contributed by atoms with van der Waals surface area (Å²) in [5.74, 6) is 0. The van der Waals surface area contributed by atoms with E-state index in [9.17, 15) is 5.11 Å². The van der Waals surface area contributed by atoms with Gasteiger partial charge in [0.25, 0.3) is 0 Å². The lowest BCUT2D eigenvalue weighted by Crippen LogP contribution is -2.37. The molecular weight excluding hydrogens is 150 g/mol. The standard InChI is InChI=1S/C10H17NO/c1-9(2)4-8(12)5-10(3,6-9)7-11/h8,12H,4-6H2,1-3H3/t8-,10+/m0/s1. The van der Waals surface area contributed by atoms with E-state index in [0.29, 0.717) is 6.42 Å². The van der Waals surface area contributed by atoms with Gasteiger partial charge in [-0.1, -0.05) is 13.8 Å². The van der Waals surface area contributed by atoms with Crippen molar-refractivity contribution in [3.63, 3.8) is 0 Å². The Morgan fingerprint density at radius 1 is 1.33 bits per heavy atom. The predicted molar refractivity (Wildman–Crippen MR) is 47.4 cm³/mol. The average Bonchev–Trinajstić information content (AvgIpc) is 1.82. The molecule has 0 saturated heterocycles. The predicted octanol–water partition coefficient (Wildman–Crippen LogP) is 2.09. The molecule has 1 N–H and O–H groups in total. The van der Waals surface area contributed by atoms with Gasteiger partial charge in [-0.3, -0.25) is 0 Å². The maximum absolute atomic E-state index is 9.56. The lowest BCUT2D eigenvalue weighted by Gasteiger charge is -2.41. The maximum atomic E-state index is 9.56. The summed E-state index contributed by atoms with van der Waals surface area (Å²) in [5.41, 5.74) is -0.205. The van der Waals surface area contributed by atoms with Crippen molar-refractivity contribution in [2.24, 2.45) is 10.8 Å². The summed E-state index contributed by atoms with van der Waals surface area (Å²) in [5, 5.41) is 18.5. The van der Waals surface area contributed by atoms with Crippen LogP contribution in [0.3, 0.4) is 0 Å². The Kier molecular flexibility index (Phi) is 2.18. The highest BCUT2D eigenvalue weighted by Gasteiger charge is 2.40. The van der Waals surface area contributed by atoms with Crippen LogP contribution in [0, 0.1) is 22.2 Å². The SMILES string of the molecule is CC1(C)C[C@H](O)C[C@@](C)(C#N)C1. The molecule has 1 aliphatic carbocycles. The van der Waals surface area contributed by atoms with Gasteiger partial charge < -0.3 is 5.11 Å². The molecule has 0 radical (unpaired) electrons. The molecule has 0 spiro atoms. The average molecular weight is 167 g/mol. The molecule has 0 amide bonds. The normalized spacial score (nSPS) is 40.4. The van der Waals surface area contributed by atoms with Crippen LogP contribution in [-0.2, 0) is 0 Å². The summed E-state index contributed by atoms with van der Waals surface area (Å²) in [4.78, 5) is 0. The number of hydrogen-bond acceptors (Lipinski definition) is 2. The zero-order valence-electron chi connectivity index (χ0n) is 8.09. The van der Waals surface area contributed by atoms with Gasteiger partial charge in [0.2, 0.25) is 0 Å². The first-order chi connectivity index (χ1) is 5.37. The molecule has 68 valence electrons. The highest BCUT2D eigenvalue weighted by Crippen LogP contribution is 2.45. The number of rotatable bonds is 0. The molecule has 0 aromatic carbocycles. The third-order valence-corrected chi connectivity index (χ3v) is 2.61. The van der Waals surface area contributed by atoms with Gasteiger partial charge in [-0.25, -0.2) is 0 Å². The third kappa shape index (κ3) is 1.98. The minimum absolute atomic E-state index is 0.113. The van der Waals surface area contributed by atoms with E-state index in [4.69, 9.17) is 5.26 Å². The number of hydrogen-bond donors (Lipinski definition) is 1. The van der Waals surface area contributed by atoms with Crippen molar-refractivity contribution >= 4 is 0 Å². The van der Waals surface area contributed by atoms with Crippen molar-refractivity contribution in [2.75, 3.05) is 0 Å². The van der Waals surface area contributed by atoms with E-state index < -0.39 is 0 Å². The van der Waals surface area contributed by atoms with Crippen LogP contribution in [0.1, 0.15) is 40.0 Å². The van der Waals surface area contributed by atoms with Crippen LogP contribution in [0.2, 0.25) is 0 Å². The Balaban J connectivity index is 2.78. The Labute approximate surface area is 74.2 Å². The van der Waals surface area contributed by atoms with Gasteiger partial charge in [0.15, 0.2) is 0 Å². The second-order valence-electron chi connectivity index (χ2n) is 5.08. The molecule has 0 unspecified atom stereocenters. The van der Waals surface area contributed by atoms with Gasteiger partial charge in [-0.15, -0.1) is 0 Å². The van der Waals surface area contributed by atoms with E-state index in [2.05, 4.69) is 19.9 Å². The van der Waals surface area contributed by atoms with Crippen molar-refractivity contribution in [1.82, 2.24) is 0 Å². The van der Waals surface area contributed by atoms with E-state index in [1.165, 1.54) is 0 Å². The lowest BCUT2D eigenvalue weighted by atomic mass is 9.64. The van der Waals surface area contributed by atoms with Gasteiger partial charge >= 0.3 is 0 Å². The van der Waals surface area contributed by atoms with Crippen LogP contribution < -0.4 is 0 Å². The summed E-state index contributed by atoms with van der Waals surface area (Å²) < 4.78 is 0. The quantitative estimate of drug-likeness (QED) is 0.600. The van der Waals surface area contributed by atoms with E-state index in [0.717, 1.165) is 12.8 Å². The molecule has 1 fully saturated rings. The summed E-state index contributed by atoms with van der Waals surface area (Å²) in [6.07, 6.45) is 2.06. The molecule has 0 bridgehead atoms. The first kappa shape index (κ1) is 9.54. The molecule has 2 heteroatoms. The molecule has 1 saturated carbocycles. The fraction of sp³-hybridized carbons (Fsp3) is 0.900. The summed E-state index contributed by atoms with van der Waals surface area (Å²) in [6, 6.07) is 2.31. The van der Waals surface area contributed by atoms with Crippen molar-refractivity contribution < 1.29 is 5.11 Å². The largest absolute Gasteiger partial charge is 0.393 e. The summed E-state index contributed by atoms with van der Waals surface area (Å²) in [6.45, 7) is 6.17. The van der Waals surface area contributed by atoms with E-state index in [1.807, 2.05) is 6.92 Å². The second-order valence-corrected chi connectivity index (χ2v) is 5.08. The molecule has 12 heavy (non-hydrogen) atoms. The minimum atomic E-state index is -0.318. The number of nitrogens with zero attached hydrogens (tertiary/aromatic N) is 1. The molecule has 0 heterocycles. The Morgan fingerprint density at radius 3 is 2.33 bits per heavy atom. The topological polar surface area (TPSA) is 44.0 Å². The van der Waals surface area contributed by atoms with Gasteiger partial charge in [0.05, 0.1) is 17.6 Å². The van der Waals surface area contributed by atoms with Crippen LogP contribution in [0.25, 0.3) is 0 Å². The van der Waals surface area contributed by atoms with Gasteiger partial charge in [0, 0.05) is 0 Å². The fourth-order valence-electron chi connectivity index (χ4n) is 2.52. The highest BCUT2D eigenvalue weighted by atomic mass is 16.3. The molecule has 0 aromatic heterocycles. The lowest BCUT2D eigenvalue weighted by molar-refractivity contribution is 0.0148.